The van der Waals surface area contributed by atoms with Crippen molar-refractivity contribution in [3.63, 3.8) is 0 Å². The van der Waals surface area contributed by atoms with Gasteiger partial charge in [-0.3, -0.25) is 14.4 Å². The Balaban J connectivity index is 2.04. The van der Waals surface area contributed by atoms with E-state index < -0.39 is 23.3 Å². The van der Waals surface area contributed by atoms with E-state index in [2.05, 4.69) is 10.6 Å². The Hall–Kier alpha value is -2.57. The van der Waals surface area contributed by atoms with Crippen LogP contribution in [0.2, 0.25) is 0 Å². The van der Waals surface area contributed by atoms with Gasteiger partial charge in [0.1, 0.15) is 11.8 Å². The Morgan fingerprint density at radius 2 is 1.88 bits per heavy atom. The molecule has 7 nitrogen and oxygen atoms in total. The minimum Gasteiger partial charge on any atom is -0.496 e. The van der Waals surface area contributed by atoms with Crippen LogP contribution in [0, 0.1) is 11.3 Å². The highest BCUT2D eigenvalue weighted by molar-refractivity contribution is 5.99. The Kier molecular flexibility index (Phi) is 5.66. The van der Waals surface area contributed by atoms with E-state index >= 15 is 0 Å². The zero-order valence-electron chi connectivity index (χ0n) is 14.7. The molecule has 136 valence electrons. The summed E-state index contributed by atoms with van der Waals surface area (Å²) < 4.78 is 5.17. The summed E-state index contributed by atoms with van der Waals surface area (Å²) in [4.78, 5) is 36.2. The summed E-state index contributed by atoms with van der Waals surface area (Å²) in [7, 11) is 1.47. The third-order valence-corrected chi connectivity index (χ3v) is 4.50. The average molecular weight is 348 g/mol. The number of carbonyl (C=O) groups is 3. The van der Waals surface area contributed by atoms with Gasteiger partial charge in [0.2, 0.25) is 5.91 Å². The number of benzene rings is 1. The van der Waals surface area contributed by atoms with Crippen LogP contribution in [0.5, 0.6) is 5.75 Å². The first-order chi connectivity index (χ1) is 11.8. The molecule has 0 aliphatic heterocycles. The predicted octanol–water partition coefficient (Wildman–Crippen LogP) is 1.43. The molecule has 1 saturated carbocycles. The predicted molar refractivity (Wildman–Crippen MR) is 91.4 cm³/mol. The van der Waals surface area contributed by atoms with Crippen LogP contribution in [0.3, 0.4) is 0 Å². The molecule has 3 N–H and O–H groups in total. The number of para-hydroxylation sites is 1. The van der Waals surface area contributed by atoms with Crippen molar-refractivity contribution in [3.05, 3.63) is 29.8 Å². The Morgan fingerprint density at radius 3 is 2.40 bits per heavy atom. The minimum absolute atomic E-state index is 0.0783. The molecule has 1 aromatic rings. The van der Waals surface area contributed by atoms with Crippen LogP contribution in [0.15, 0.2) is 24.3 Å². The lowest BCUT2D eigenvalue weighted by Gasteiger charge is -2.23. The van der Waals surface area contributed by atoms with Gasteiger partial charge in [-0.1, -0.05) is 26.0 Å². The van der Waals surface area contributed by atoms with Gasteiger partial charge < -0.3 is 20.5 Å². The summed E-state index contributed by atoms with van der Waals surface area (Å²) in [5.74, 6) is -1.42. The van der Waals surface area contributed by atoms with Gasteiger partial charge in [0.25, 0.3) is 5.91 Å². The number of rotatable bonds is 8. The van der Waals surface area contributed by atoms with Gasteiger partial charge >= 0.3 is 5.97 Å². The minimum atomic E-state index is -0.896. The summed E-state index contributed by atoms with van der Waals surface area (Å²) in [6, 6.07) is 5.99. The zero-order valence-corrected chi connectivity index (χ0v) is 14.7. The molecule has 2 rings (SSSR count). The van der Waals surface area contributed by atoms with E-state index in [0.29, 0.717) is 24.2 Å². The Labute approximate surface area is 146 Å². The smallest absolute Gasteiger partial charge is 0.311 e. The van der Waals surface area contributed by atoms with Crippen LogP contribution in [0.25, 0.3) is 0 Å². The number of aliphatic carboxylic acids is 1. The van der Waals surface area contributed by atoms with Crippen molar-refractivity contribution in [1.82, 2.24) is 10.6 Å². The molecule has 7 heteroatoms. The van der Waals surface area contributed by atoms with Crippen LogP contribution in [0.4, 0.5) is 0 Å². The number of carboxylic acids is 1. The van der Waals surface area contributed by atoms with Crippen molar-refractivity contribution in [2.45, 2.75) is 32.7 Å². The number of carbonyl (C=O) groups excluding carboxylic acids is 2. The first-order valence-electron chi connectivity index (χ1n) is 8.26. The van der Waals surface area contributed by atoms with E-state index in [1.165, 1.54) is 7.11 Å². The number of hydrogen-bond acceptors (Lipinski definition) is 4. The van der Waals surface area contributed by atoms with Crippen LogP contribution in [-0.2, 0) is 9.59 Å². The summed E-state index contributed by atoms with van der Waals surface area (Å²) >= 11 is 0. The molecule has 0 radical (unpaired) electrons. The van der Waals surface area contributed by atoms with Crippen molar-refractivity contribution < 1.29 is 24.2 Å². The highest BCUT2D eigenvalue weighted by Gasteiger charge is 2.50. The first kappa shape index (κ1) is 18.8. The Morgan fingerprint density at radius 1 is 1.24 bits per heavy atom. The molecule has 2 amide bonds. The second-order valence-corrected chi connectivity index (χ2v) is 6.70. The summed E-state index contributed by atoms with van der Waals surface area (Å²) in [5.41, 5.74) is -0.503. The molecule has 25 heavy (non-hydrogen) atoms. The SMILES string of the molecule is COc1ccccc1C(=O)NC(C(=O)NCC1(C(=O)O)CC1)C(C)C. The molecule has 0 spiro atoms. The molecule has 0 bridgehead atoms. The van der Waals surface area contributed by atoms with E-state index in [4.69, 9.17) is 4.74 Å². The van der Waals surface area contributed by atoms with Crippen molar-refractivity contribution in [1.29, 1.82) is 0 Å². The lowest BCUT2D eigenvalue weighted by atomic mass is 10.0. The fourth-order valence-corrected chi connectivity index (χ4v) is 2.57. The monoisotopic (exact) mass is 348 g/mol. The number of ether oxygens (including phenoxy) is 1. The van der Waals surface area contributed by atoms with Gasteiger partial charge in [0.15, 0.2) is 0 Å². The van der Waals surface area contributed by atoms with Crippen LogP contribution in [-0.4, -0.2) is 42.6 Å². The van der Waals surface area contributed by atoms with Crippen molar-refractivity contribution in [2.75, 3.05) is 13.7 Å². The van der Waals surface area contributed by atoms with Crippen LogP contribution >= 0.6 is 0 Å². The summed E-state index contributed by atoms with van der Waals surface area (Å²) in [6.45, 7) is 3.71. The quantitative estimate of drug-likeness (QED) is 0.659. The topological polar surface area (TPSA) is 105 Å². The molecule has 1 aromatic carbocycles. The van der Waals surface area contributed by atoms with Crippen molar-refractivity contribution >= 4 is 17.8 Å². The van der Waals surface area contributed by atoms with E-state index in [-0.39, 0.29) is 18.4 Å². The highest BCUT2D eigenvalue weighted by atomic mass is 16.5. The van der Waals surface area contributed by atoms with Gasteiger partial charge in [0.05, 0.1) is 18.1 Å². The summed E-state index contributed by atoms with van der Waals surface area (Å²) in [6.07, 6.45) is 1.12. The molecular weight excluding hydrogens is 324 g/mol. The lowest BCUT2D eigenvalue weighted by Crippen LogP contribution is -2.51. The average Bonchev–Trinajstić information content (AvgIpc) is 3.38. The standard InChI is InChI=1S/C18H24N2O5/c1-11(2)14(16(22)19-10-18(8-9-18)17(23)24)20-15(21)12-6-4-5-7-13(12)25-3/h4-7,11,14H,8-10H2,1-3H3,(H,19,22)(H,20,21)(H,23,24). The van der Waals surface area contributed by atoms with Gasteiger partial charge in [0, 0.05) is 6.54 Å². The molecule has 1 aliphatic carbocycles. The third-order valence-electron chi connectivity index (χ3n) is 4.50. The van der Waals surface area contributed by atoms with Crippen LogP contribution in [0.1, 0.15) is 37.0 Å². The second-order valence-electron chi connectivity index (χ2n) is 6.70. The van der Waals surface area contributed by atoms with Gasteiger partial charge in [-0.25, -0.2) is 0 Å². The zero-order chi connectivity index (χ0) is 18.6. The fraction of sp³-hybridized carbons (Fsp3) is 0.500. The normalized spacial score (nSPS) is 16.0. The molecule has 1 atom stereocenters. The first-order valence-corrected chi connectivity index (χ1v) is 8.26. The van der Waals surface area contributed by atoms with E-state index in [1.807, 2.05) is 13.8 Å². The summed E-state index contributed by atoms with van der Waals surface area (Å²) in [5, 5.41) is 14.6. The second kappa shape index (κ2) is 7.55. The molecule has 0 aromatic heterocycles. The van der Waals surface area contributed by atoms with Gasteiger partial charge in [-0.15, -0.1) is 0 Å². The molecule has 0 heterocycles. The van der Waals surface area contributed by atoms with Crippen molar-refractivity contribution in [3.8, 4) is 5.75 Å². The number of amides is 2. The maximum absolute atomic E-state index is 12.5. The largest absolute Gasteiger partial charge is 0.496 e. The molecular formula is C18H24N2O5. The Bertz CT molecular complexity index is 667. The molecule has 1 aliphatic rings. The highest BCUT2D eigenvalue weighted by Crippen LogP contribution is 2.45. The third kappa shape index (κ3) is 4.29. The molecule has 1 fully saturated rings. The number of methoxy groups -OCH3 is 1. The van der Waals surface area contributed by atoms with E-state index in [0.717, 1.165) is 0 Å². The van der Waals surface area contributed by atoms with Gasteiger partial charge in [-0.05, 0) is 30.9 Å². The maximum atomic E-state index is 12.5. The fourth-order valence-electron chi connectivity index (χ4n) is 2.57. The number of carboxylic acid groups (broad SMARTS) is 1. The van der Waals surface area contributed by atoms with Crippen molar-refractivity contribution in [2.24, 2.45) is 11.3 Å². The van der Waals surface area contributed by atoms with Gasteiger partial charge in [-0.2, -0.15) is 0 Å². The number of nitrogens with one attached hydrogen (secondary N) is 2. The molecule has 1 unspecified atom stereocenters. The van der Waals surface area contributed by atoms with E-state index in [9.17, 15) is 19.5 Å². The lowest BCUT2D eigenvalue weighted by molar-refractivity contribution is -0.143. The molecule has 0 saturated heterocycles. The van der Waals surface area contributed by atoms with E-state index in [1.54, 1.807) is 24.3 Å². The van der Waals surface area contributed by atoms with Crippen LogP contribution < -0.4 is 15.4 Å². The maximum Gasteiger partial charge on any atom is 0.311 e. The number of hydrogen-bond donors (Lipinski definition) is 3.